The first-order valence-electron chi connectivity index (χ1n) is 10.3. The zero-order valence-electron chi connectivity index (χ0n) is 16.0. The fourth-order valence-corrected chi connectivity index (χ4v) is 6.77. The van der Waals surface area contributed by atoms with Crippen molar-refractivity contribution in [3.8, 4) is 0 Å². The minimum atomic E-state index is -0.0687. The Morgan fingerprint density at radius 1 is 1.16 bits per heavy atom. The minimum Gasteiger partial charge on any atom is -0.462 e. The maximum absolute atomic E-state index is 12.5. The number of carbonyl (C=O) groups is 2. The average molecular weight is 344 g/mol. The number of hydrogen-bond acceptors (Lipinski definition) is 3. The fourth-order valence-electron chi connectivity index (χ4n) is 6.77. The molecule has 6 atom stereocenters. The molecular formula is C22H32O3. The molecule has 0 aromatic carbocycles. The minimum absolute atomic E-state index is 0.0449. The van der Waals surface area contributed by atoms with E-state index in [1.165, 1.54) is 12.0 Å². The van der Waals surface area contributed by atoms with Gasteiger partial charge in [-0.1, -0.05) is 32.4 Å². The highest BCUT2D eigenvalue weighted by Crippen LogP contribution is 2.64. The van der Waals surface area contributed by atoms with E-state index in [1.807, 2.05) is 6.92 Å². The lowest BCUT2D eigenvalue weighted by molar-refractivity contribution is -0.151. The molecule has 4 rings (SSSR count). The molecule has 0 aromatic rings. The zero-order chi connectivity index (χ0) is 17.8. The largest absolute Gasteiger partial charge is 0.462 e. The molecule has 0 spiro atoms. The van der Waals surface area contributed by atoms with E-state index in [2.05, 4.69) is 19.9 Å². The van der Waals surface area contributed by atoms with Gasteiger partial charge >= 0.3 is 5.97 Å². The summed E-state index contributed by atoms with van der Waals surface area (Å²) in [5.41, 5.74) is 1.74. The van der Waals surface area contributed by atoms with Gasteiger partial charge in [-0.2, -0.15) is 0 Å². The Labute approximate surface area is 151 Å². The van der Waals surface area contributed by atoms with Crippen molar-refractivity contribution < 1.29 is 14.3 Å². The van der Waals surface area contributed by atoms with Gasteiger partial charge in [-0.05, 0) is 61.7 Å². The molecule has 3 fully saturated rings. The van der Waals surface area contributed by atoms with Crippen molar-refractivity contribution in [1.82, 2.24) is 0 Å². The lowest BCUT2D eigenvalue weighted by atomic mass is 9.48. The van der Waals surface area contributed by atoms with Crippen molar-refractivity contribution in [2.75, 3.05) is 0 Å². The maximum Gasteiger partial charge on any atom is 0.305 e. The number of allylic oxidation sites excluding steroid dienone is 1. The van der Waals surface area contributed by atoms with Crippen molar-refractivity contribution >= 4 is 11.8 Å². The highest BCUT2D eigenvalue weighted by Gasteiger charge is 2.58. The Bertz CT molecular complexity index is 621. The second-order valence-electron chi connectivity index (χ2n) is 9.39. The van der Waals surface area contributed by atoms with Crippen LogP contribution < -0.4 is 0 Å². The second-order valence-corrected chi connectivity index (χ2v) is 9.39. The molecular weight excluding hydrogens is 312 g/mol. The predicted octanol–water partition coefficient (Wildman–Crippen LogP) is 4.84. The Morgan fingerprint density at radius 2 is 1.88 bits per heavy atom. The van der Waals surface area contributed by atoms with Gasteiger partial charge in [-0.3, -0.25) is 9.59 Å². The van der Waals surface area contributed by atoms with E-state index in [1.54, 1.807) is 0 Å². The lowest BCUT2D eigenvalue weighted by Gasteiger charge is -2.56. The molecule has 0 heterocycles. The van der Waals surface area contributed by atoms with Gasteiger partial charge in [0.05, 0.1) is 0 Å². The van der Waals surface area contributed by atoms with Gasteiger partial charge in [0, 0.05) is 24.7 Å². The van der Waals surface area contributed by atoms with Gasteiger partial charge in [-0.15, -0.1) is 0 Å². The summed E-state index contributed by atoms with van der Waals surface area (Å²) in [7, 11) is 0. The Hall–Kier alpha value is -1.12. The molecule has 0 saturated heterocycles. The summed E-state index contributed by atoms with van der Waals surface area (Å²) in [6, 6.07) is 0. The first-order valence-corrected chi connectivity index (χ1v) is 10.3. The molecule has 0 bridgehead atoms. The van der Waals surface area contributed by atoms with Crippen LogP contribution in [-0.4, -0.2) is 17.9 Å². The number of hydrogen-bond donors (Lipinski definition) is 0. The predicted molar refractivity (Wildman–Crippen MR) is 96.9 cm³/mol. The number of esters is 1. The van der Waals surface area contributed by atoms with Crippen LogP contribution in [-0.2, 0) is 14.3 Å². The molecule has 3 nitrogen and oxygen atoms in total. The van der Waals surface area contributed by atoms with Crippen LogP contribution in [0, 0.1) is 28.6 Å². The smallest absolute Gasteiger partial charge is 0.305 e. The maximum atomic E-state index is 12.5. The van der Waals surface area contributed by atoms with Crippen LogP contribution in [0.5, 0.6) is 0 Å². The third-order valence-electron chi connectivity index (χ3n) is 8.35. The van der Waals surface area contributed by atoms with Crippen LogP contribution >= 0.6 is 0 Å². The van der Waals surface area contributed by atoms with Crippen molar-refractivity contribution in [2.24, 2.45) is 28.6 Å². The van der Waals surface area contributed by atoms with E-state index in [0.717, 1.165) is 44.9 Å². The van der Waals surface area contributed by atoms with Crippen LogP contribution in [0.15, 0.2) is 11.6 Å². The molecule has 4 aliphatic carbocycles. The number of Topliss-reactive ketones (excluding diaryl/α,β-unsaturated/α-hetero) is 1. The molecule has 0 aromatic heterocycles. The summed E-state index contributed by atoms with van der Waals surface area (Å²) in [5.74, 6) is 2.42. The molecule has 138 valence electrons. The van der Waals surface area contributed by atoms with E-state index < -0.39 is 0 Å². The third-order valence-corrected chi connectivity index (χ3v) is 8.35. The quantitative estimate of drug-likeness (QED) is 0.532. The van der Waals surface area contributed by atoms with Crippen molar-refractivity contribution in [1.29, 1.82) is 0 Å². The average Bonchev–Trinajstić information content (AvgIpc) is 2.90. The summed E-state index contributed by atoms with van der Waals surface area (Å²) in [6.45, 7) is 6.56. The normalized spacial score (nSPS) is 45.9. The van der Waals surface area contributed by atoms with E-state index in [-0.39, 0.29) is 22.9 Å². The number of ketones is 1. The monoisotopic (exact) mass is 344 g/mol. The summed E-state index contributed by atoms with van der Waals surface area (Å²) in [5, 5.41) is 0. The first kappa shape index (κ1) is 17.3. The Kier molecular flexibility index (Phi) is 4.12. The topological polar surface area (TPSA) is 43.4 Å². The van der Waals surface area contributed by atoms with Crippen molar-refractivity contribution in [3.63, 3.8) is 0 Å². The van der Waals surface area contributed by atoms with E-state index in [9.17, 15) is 9.59 Å². The van der Waals surface area contributed by atoms with E-state index in [4.69, 9.17) is 4.74 Å². The molecule has 0 N–H and O–H groups in total. The summed E-state index contributed by atoms with van der Waals surface area (Å²) in [4.78, 5) is 24.1. The molecule has 0 amide bonds. The molecule has 3 saturated carbocycles. The van der Waals surface area contributed by atoms with Gasteiger partial charge < -0.3 is 4.74 Å². The first-order chi connectivity index (χ1) is 11.9. The van der Waals surface area contributed by atoms with Crippen LogP contribution in [0.3, 0.4) is 0 Å². The summed E-state index contributed by atoms with van der Waals surface area (Å²) < 4.78 is 5.65. The van der Waals surface area contributed by atoms with Gasteiger partial charge in [0.2, 0.25) is 0 Å². The number of rotatable bonds is 2. The van der Waals surface area contributed by atoms with Crippen LogP contribution in [0.25, 0.3) is 0 Å². The van der Waals surface area contributed by atoms with Crippen LogP contribution in [0.1, 0.15) is 78.6 Å². The fraction of sp³-hybridized carbons (Fsp3) is 0.818. The van der Waals surface area contributed by atoms with E-state index in [0.29, 0.717) is 30.0 Å². The van der Waals surface area contributed by atoms with Crippen LogP contribution in [0.4, 0.5) is 0 Å². The van der Waals surface area contributed by atoms with Crippen molar-refractivity contribution in [2.45, 2.75) is 84.7 Å². The SMILES string of the molecule is CCC(=O)O[C@@H]1CC[C@@]2(C)C(=CC[C@@H]3[C@H]4CCC(=O)[C@@]4(C)CC[C@@H]32)C1. The molecule has 0 radical (unpaired) electrons. The molecule has 4 aliphatic rings. The van der Waals surface area contributed by atoms with Crippen molar-refractivity contribution in [3.05, 3.63) is 11.6 Å². The Balaban J connectivity index is 1.56. The standard InChI is InChI=1S/C22H32O3/c1-4-20(24)25-15-9-11-21(2)14(13-15)5-6-16-17-7-8-19(23)22(17,3)12-10-18(16)21/h5,15-18H,4,6-13H2,1-3H3/t15-,16-,17-,18+,21+,22+/m1/s1. The molecule has 0 aliphatic heterocycles. The summed E-state index contributed by atoms with van der Waals surface area (Å²) >= 11 is 0. The molecule has 0 unspecified atom stereocenters. The second kappa shape index (κ2) is 5.96. The van der Waals surface area contributed by atoms with Gasteiger partial charge in [0.25, 0.3) is 0 Å². The van der Waals surface area contributed by atoms with E-state index >= 15 is 0 Å². The van der Waals surface area contributed by atoms with Crippen LogP contribution in [0.2, 0.25) is 0 Å². The molecule has 25 heavy (non-hydrogen) atoms. The lowest BCUT2D eigenvalue weighted by Crippen LogP contribution is -2.50. The highest BCUT2D eigenvalue weighted by atomic mass is 16.5. The van der Waals surface area contributed by atoms with Gasteiger partial charge in [0.15, 0.2) is 0 Å². The summed E-state index contributed by atoms with van der Waals surface area (Å²) in [6.07, 6.45) is 11.3. The van der Waals surface area contributed by atoms with Gasteiger partial charge in [-0.25, -0.2) is 0 Å². The molecule has 3 heteroatoms. The zero-order valence-corrected chi connectivity index (χ0v) is 16.0. The third kappa shape index (κ3) is 2.52. The number of carbonyl (C=O) groups excluding carboxylic acids is 2. The van der Waals surface area contributed by atoms with Gasteiger partial charge in [0.1, 0.15) is 11.9 Å². The Morgan fingerprint density at radius 3 is 2.64 bits per heavy atom. The highest BCUT2D eigenvalue weighted by molar-refractivity contribution is 5.87. The number of fused-ring (bicyclic) bond motifs is 5. The number of ether oxygens (including phenoxy) is 1.